The molecule has 12 heavy (non-hydrogen) atoms. The average Bonchev–Trinajstić information content (AvgIpc) is 2.14. The van der Waals surface area contributed by atoms with Crippen LogP contribution in [0.3, 0.4) is 0 Å². The molecule has 0 amide bonds. The van der Waals surface area contributed by atoms with Gasteiger partial charge in [0.25, 0.3) is 0 Å². The second kappa shape index (κ2) is 3.26. The first kappa shape index (κ1) is 4.40. The van der Waals surface area contributed by atoms with Crippen molar-refractivity contribution in [2.24, 2.45) is 5.41 Å². The highest BCUT2D eigenvalue weighted by Gasteiger charge is 2.12. The summed E-state index contributed by atoms with van der Waals surface area (Å²) >= 11 is 0. The summed E-state index contributed by atoms with van der Waals surface area (Å²) in [6, 6.07) is 1.45. The largest absolute Gasteiger partial charge is 0.264 e. The highest BCUT2D eigenvalue weighted by Crippen LogP contribution is 2.21. The zero-order valence-corrected chi connectivity index (χ0v) is 7.68. The van der Waals surface area contributed by atoms with E-state index in [2.05, 4.69) is 4.98 Å². The van der Waals surface area contributed by atoms with Crippen molar-refractivity contribution >= 4 is 0 Å². The van der Waals surface area contributed by atoms with E-state index in [1.165, 1.54) is 18.5 Å². The van der Waals surface area contributed by atoms with Gasteiger partial charge in [-0.3, -0.25) is 4.98 Å². The minimum Gasteiger partial charge on any atom is -0.264 e. The van der Waals surface area contributed by atoms with Crippen LogP contribution in [0.15, 0.2) is 18.5 Å². The molecule has 1 nitrogen and oxygen atoms in total. The van der Waals surface area contributed by atoms with E-state index in [1.807, 2.05) is 0 Å². The van der Waals surface area contributed by atoms with E-state index in [1.54, 1.807) is 20.8 Å². The molecule has 0 bridgehead atoms. The SMILES string of the molecule is [2H]C([2H])([2H])c1cnccc1C([2H])([2H])C(C)(C)C. The van der Waals surface area contributed by atoms with Gasteiger partial charge in [0.2, 0.25) is 0 Å². The lowest BCUT2D eigenvalue weighted by atomic mass is 9.87. The van der Waals surface area contributed by atoms with Crippen LogP contribution < -0.4 is 0 Å². The van der Waals surface area contributed by atoms with Crippen molar-refractivity contribution in [3.63, 3.8) is 0 Å². The minimum atomic E-state index is -2.35. The Morgan fingerprint density at radius 3 is 2.92 bits per heavy atom. The van der Waals surface area contributed by atoms with Gasteiger partial charge in [-0.15, -0.1) is 0 Å². The van der Waals surface area contributed by atoms with Crippen LogP contribution in [-0.2, 0) is 6.37 Å². The lowest BCUT2D eigenvalue weighted by molar-refractivity contribution is 0.410. The molecule has 1 rings (SSSR count). The number of nitrogens with zero attached hydrogens (tertiary/aromatic N) is 1. The second-order valence-electron chi connectivity index (χ2n) is 3.80. The van der Waals surface area contributed by atoms with Gasteiger partial charge in [0.1, 0.15) is 0 Å². The van der Waals surface area contributed by atoms with Crippen LogP contribution in [0.25, 0.3) is 0 Å². The molecule has 0 aliphatic carbocycles. The van der Waals surface area contributed by atoms with Crippen molar-refractivity contribution in [1.29, 1.82) is 0 Å². The first-order valence-corrected chi connectivity index (χ1v) is 3.93. The molecule has 1 heterocycles. The van der Waals surface area contributed by atoms with Gasteiger partial charge >= 0.3 is 0 Å². The summed E-state index contributed by atoms with van der Waals surface area (Å²) in [7, 11) is 0. The quantitative estimate of drug-likeness (QED) is 0.628. The molecule has 0 unspecified atom stereocenters. The summed E-state index contributed by atoms with van der Waals surface area (Å²) in [6.45, 7) is 2.90. The number of pyridine rings is 1. The van der Waals surface area contributed by atoms with Gasteiger partial charge in [-0.25, -0.2) is 0 Å². The summed E-state index contributed by atoms with van der Waals surface area (Å²) in [5, 5.41) is 0. The summed E-state index contributed by atoms with van der Waals surface area (Å²) in [4.78, 5) is 3.78. The fourth-order valence-electron chi connectivity index (χ4n) is 0.907. The molecule has 0 aliphatic heterocycles. The summed E-state index contributed by atoms with van der Waals surface area (Å²) in [6.07, 6.45) is 0.930. The Labute approximate surface area is 81.9 Å². The van der Waals surface area contributed by atoms with Gasteiger partial charge in [0.15, 0.2) is 0 Å². The van der Waals surface area contributed by atoms with E-state index in [0.29, 0.717) is 0 Å². The lowest BCUT2D eigenvalue weighted by Crippen LogP contribution is -2.10. The lowest BCUT2D eigenvalue weighted by Gasteiger charge is -2.19. The summed E-state index contributed by atoms with van der Waals surface area (Å²) in [5.74, 6) is 0. The molecule has 0 spiro atoms. The maximum absolute atomic E-state index is 8.13. The summed E-state index contributed by atoms with van der Waals surface area (Å²) in [5.41, 5.74) is -0.506. The van der Waals surface area contributed by atoms with Crippen LogP contribution in [0.2, 0.25) is 0 Å². The van der Waals surface area contributed by atoms with Gasteiger partial charge < -0.3 is 0 Å². The molecule has 0 aliphatic rings. The van der Waals surface area contributed by atoms with Crippen molar-refractivity contribution in [3.05, 3.63) is 29.6 Å². The Balaban J connectivity index is 3.43. The number of aryl methyl sites for hydroxylation is 1. The Morgan fingerprint density at radius 2 is 2.33 bits per heavy atom. The van der Waals surface area contributed by atoms with Gasteiger partial charge in [0, 0.05) is 19.2 Å². The van der Waals surface area contributed by atoms with Crippen molar-refractivity contribution in [1.82, 2.24) is 4.98 Å². The van der Waals surface area contributed by atoms with Gasteiger partial charge in [0.05, 0.1) is 0 Å². The zero-order valence-electron chi connectivity index (χ0n) is 12.7. The molecular weight excluding hydrogens is 146 g/mol. The topological polar surface area (TPSA) is 12.9 Å². The molecule has 1 heteroatoms. The standard InChI is InChI=1S/C11H17N/c1-9-8-12-6-5-10(9)7-11(2,3)4/h5-6,8H,7H2,1-4H3/i1D3,7D2. The van der Waals surface area contributed by atoms with E-state index in [0.717, 1.165) is 0 Å². The third kappa shape index (κ3) is 2.65. The predicted molar refractivity (Wildman–Crippen MR) is 52.1 cm³/mol. The Hall–Kier alpha value is -0.850. The predicted octanol–water partition coefficient (Wildman–Crippen LogP) is 2.98. The molecule has 0 aromatic carbocycles. The molecular formula is C11H17N. The van der Waals surface area contributed by atoms with Gasteiger partial charge in [-0.2, -0.15) is 0 Å². The molecule has 0 saturated carbocycles. The van der Waals surface area contributed by atoms with Crippen molar-refractivity contribution < 1.29 is 6.85 Å². The minimum absolute atomic E-state index is 0.0140. The van der Waals surface area contributed by atoms with Crippen LogP contribution in [0.5, 0.6) is 0 Å². The number of hydrogen-bond acceptors (Lipinski definition) is 1. The first-order chi connectivity index (χ1) is 7.48. The monoisotopic (exact) mass is 168 g/mol. The normalized spacial score (nSPS) is 20.1. The second-order valence-corrected chi connectivity index (χ2v) is 3.80. The van der Waals surface area contributed by atoms with Crippen molar-refractivity contribution in [3.8, 4) is 0 Å². The fraction of sp³-hybridized carbons (Fsp3) is 0.545. The average molecular weight is 168 g/mol. The maximum atomic E-state index is 8.13. The van der Waals surface area contributed by atoms with Crippen LogP contribution >= 0.6 is 0 Å². The molecule has 0 saturated heterocycles. The smallest absolute Gasteiger partial charge is 0.0321 e. The van der Waals surface area contributed by atoms with E-state index in [4.69, 9.17) is 6.85 Å². The van der Waals surface area contributed by atoms with Crippen molar-refractivity contribution in [2.45, 2.75) is 34.0 Å². The number of aromatic nitrogens is 1. The highest BCUT2D eigenvalue weighted by atomic mass is 14.6. The highest BCUT2D eigenvalue weighted by molar-refractivity contribution is 5.22. The van der Waals surface area contributed by atoms with E-state index in [9.17, 15) is 0 Å². The van der Waals surface area contributed by atoms with Gasteiger partial charge in [-0.1, -0.05) is 20.8 Å². The Bertz CT molecular complexity index is 403. The molecule has 1 aromatic heterocycles. The number of hydrogen-bond donors (Lipinski definition) is 0. The third-order valence-electron chi connectivity index (χ3n) is 1.33. The molecule has 66 valence electrons. The van der Waals surface area contributed by atoms with Crippen LogP contribution in [0.1, 0.15) is 38.8 Å². The number of rotatable bonds is 1. The maximum Gasteiger partial charge on any atom is 0.0321 e. The molecule has 0 N–H and O–H groups in total. The van der Waals surface area contributed by atoms with Crippen molar-refractivity contribution in [2.75, 3.05) is 0 Å². The Morgan fingerprint density at radius 1 is 1.58 bits per heavy atom. The molecule has 0 fully saturated rings. The van der Waals surface area contributed by atoms with Crippen LogP contribution in [-0.4, -0.2) is 4.98 Å². The zero-order chi connectivity index (χ0) is 13.5. The molecule has 1 aromatic rings. The fourth-order valence-corrected chi connectivity index (χ4v) is 0.907. The van der Waals surface area contributed by atoms with Crippen LogP contribution in [0, 0.1) is 12.3 Å². The van der Waals surface area contributed by atoms with E-state index in [-0.39, 0.29) is 11.1 Å². The molecule has 0 radical (unpaired) electrons. The Kier molecular flexibility index (Phi) is 1.20. The first-order valence-electron chi connectivity index (χ1n) is 6.43. The summed E-state index contributed by atoms with van der Waals surface area (Å²) < 4.78 is 38.5. The van der Waals surface area contributed by atoms with Crippen LogP contribution in [0.4, 0.5) is 0 Å². The molecule has 0 atom stereocenters. The third-order valence-corrected chi connectivity index (χ3v) is 1.33. The van der Waals surface area contributed by atoms with E-state index < -0.39 is 18.6 Å². The van der Waals surface area contributed by atoms with E-state index >= 15 is 0 Å². The van der Waals surface area contributed by atoms with Gasteiger partial charge in [-0.05, 0) is 35.8 Å².